The monoisotopic (exact) mass is 196 g/mol. The summed E-state index contributed by atoms with van der Waals surface area (Å²) in [6.07, 6.45) is 8.55. The predicted molar refractivity (Wildman–Crippen MR) is 50.0 cm³/mol. The number of allylic oxidation sites excluding steroid dienone is 6. The van der Waals surface area contributed by atoms with Crippen LogP contribution in [0.4, 0.5) is 8.78 Å². The molecule has 1 heterocycles. The Balaban J connectivity index is 2.25. The summed E-state index contributed by atoms with van der Waals surface area (Å²) < 4.78 is 32.0. The zero-order valence-corrected chi connectivity index (χ0v) is 7.54. The molecular weight excluding hydrogens is 186 g/mol. The first-order valence-corrected chi connectivity index (χ1v) is 4.41. The maximum atomic E-state index is 14.2. The van der Waals surface area contributed by atoms with Crippen molar-refractivity contribution in [3.8, 4) is 0 Å². The first-order chi connectivity index (χ1) is 6.71. The number of ether oxygens (including phenoxy) is 1. The van der Waals surface area contributed by atoms with Gasteiger partial charge in [-0.2, -0.15) is 0 Å². The van der Waals surface area contributed by atoms with Crippen LogP contribution >= 0.6 is 0 Å². The molecule has 2 rings (SSSR count). The number of rotatable bonds is 1. The van der Waals surface area contributed by atoms with E-state index >= 15 is 0 Å². The lowest BCUT2D eigenvalue weighted by atomic mass is 9.88. The zero-order chi connectivity index (χ0) is 10.0. The van der Waals surface area contributed by atoms with Crippen LogP contribution in [0.15, 0.2) is 48.0 Å². The molecule has 1 aliphatic carbocycles. The van der Waals surface area contributed by atoms with Gasteiger partial charge >= 0.3 is 0 Å². The molecule has 2 aliphatic rings. The molecule has 1 unspecified atom stereocenters. The van der Waals surface area contributed by atoms with Gasteiger partial charge in [-0.05, 0) is 18.2 Å². The van der Waals surface area contributed by atoms with E-state index in [2.05, 4.69) is 0 Å². The van der Waals surface area contributed by atoms with E-state index in [4.69, 9.17) is 4.74 Å². The van der Waals surface area contributed by atoms with Crippen molar-refractivity contribution in [1.29, 1.82) is 0 Å². The molecule has 1 aliphatic heterocycles. The third-order valence-electron chi connectivity index (χ3n) is 2.31. The van der Waals surface area contributed by atoms with E-state index < -0.39 is 11.5 Å². The van der Waals surface area contributed by atoms with Gasteiger partial charge in [-0.1, -0.05) is 12.2 Å². The quantitative estimate of drug-likeness (QED) is 0.626. The molecular formula is C11H10F2O. The molecule has 3 heteroatoms. The van der Waals surface area contributed by atoms with Crippen LogP contribution in [0, 0.1) is 0 Å². The summed E-state index contributed by atoms with van der Waals surface area (Å²) >= 11 is 0. The summed E-state index contributed by atoms with van der Waals surface area (Å²) in [6, 6.07) is 0. The highest BCUT2D eigenvalue weighted by Crippen LogP contribution is 2.35. The van der Waals surface area contributed by atoms with Crippen LogP contribution in [-0.4, -0.2) is 12.3 Å². The van der Waals surface area contributed by atoms with Gasteiger partial charge in [0.15, 0.2) is 5.67 Å². The minimum absolute atomic E-state index is 0.185. The molecule has 0 aromatic heterocycles. The van der Waals surface area contributed by atoms with Crippen LogP contribution in [0.1, 0.15) is 6.42 Å². The lowest BCUT2D eigenvalue weighted by Gasteiger charge is -2.27. The molecule has 0 aromatic carbocycles. The van der Waals surface area contributed by atoms with E-state index in [-0.39, 0.29) is 13.0 Å². The Kier molecular flexibility index (Phi) is 2.23. The van der Waals surface area contributed by atoms with Crippen LogP contribution in [0.3, 0.4) is 0 Å². The Morgan fingerprint density at radius 2 is 2.14 bits per heavy atom. The SMILES string of the molecule is FC1=CC=CC(F)(C2=CC=COC2)C1. The summed E-state index contributed by atoms with van der Waals surface area (Å²) in [7, 11) is 0. The summed E-state index contributed by atoms with van der Waals surface area (Å²) in [5, 5.41) is 0. The van der Waals surface area contributed by atoms with Gasteiger partial charge in [0.25, 0.3) is 0 Å². The van der Waals surface area contributed by atoms with Crippen molar-refractivity contribution in [3.05, 3.63) is 48.0 Å². The van der Waals surface area contributed by atoms with E-state index in [1.54, 1.807) is 12.2 Å². The van der Waals surface area contributed by atoms with Gasteiger partial charge in [0.1, 0.15) is 12.4 Å². The lowest BCUT2D eigenvalue weighted by Crippen LogP contribution is -2.27. The van der Waals surface area contributed by atoms with Crippen molar-refractivity contribution >= 4 is 0 Å². The molecule has 0 amide bonds. The van der Waals surface area contributed by atoms with Gasteiger partial charge in [-0.3, -0.25) is 0 Å². The van der Waals surface area contributed by atoms with E-state index in [1.165, 1.54) is 24.5 Å². The molecule has 0 radical (unpaired) electrons. The number of halogens is 2. The standard InChI is InChI=1S/C11H10F2O/c12-10-4-1-5-11(13,7-10)9-3-2-6-14-8-9/h1-6H,7-8H2. The highest BCUT2D eigenvalue weighted by molar-refractivity contribution is 5.36. The summed E-state index contributed by atoms with van der Waals surface area (Å²) in [5.74, 6) is -0.439. The minimum Gasteiger partial charge on any atom is -0.497 e. The molecule has 1 nitrogen and oxygen atoms in total. The van der Waals surface area contributed by atoms with Crippen LogP contribution in [-0.2, 0) is 4.74 Å². The average Bonchev–Trinajstić information content (AvgIpc) is 2.19. The van der Waals surface area contributed by atoms with Gasteiger partial charge in [0, 0.05) is 12.0 Å². The molecule has 0 bridgehead atoms. The molecule has 0 spiro atoms. The third-order valence-corrected chi connectivity index (χ3v) is 2.31. The van der Waals surface area contributed by atoms with Crippen LogP contribution in [0.25, 0.3) is 0 Å². The summed E-state index contributed by atoms with van der Waals surface area (Å²) in [4.78, 5) is 0. The van der Waals surface area contributed by atoms with E-state index in [9.17, 15) is 8.78 Å². The molecule has 14 heavy (non-hydrogen) atoms. The highest BCUT2D eigenvalue weighted by atomic mass is 19.1. The average molecular weight is 196 g/mol. The second-order valence-corrected chi connectivity index (χ2v) is 3.34. The molecule has 0 N–H and O–H groups in total. The van der Waals surface area contributed by atoms with Crippen LogP contribution < -0.4 is 0 Å². The van der Waals surface area contributed by atoms with E-state index in [1.807, 2.05) is 0 Å². The van der Waals surface area contributed by atoms with Crippen molar-refractivity contribution in [2.45, 2.75) is 12.1 Å². The Labute approximate surface area is 81.1 Å². The Bertz CT molecular complexity index is 352. The molecule has 0 saturated carbocycles. The topological polar surface area (TPSA) is 9.23 Å². The van der Waals surface area contributed by atoms with Gasteiger partial charge in [0.05, 0.1) is 6.26 Å². The highest BCUT2D eigenvalue weighted by Gasteiger charge is 2.34. The van der Waals surface area contributed by atoms with E-state index in [0.29, 0.717) is 5.57 Å². The Hall–Kier alpha value is -1.38. The zero-order valence-electron chi connectivity index (χ0n) is 7.54. The Morgan fingerprint density at radius 3 is 2.79 bits per heavy atom. The van der Waals surface area contributed by atoms with Crippen LogP contribution in [0.5, 0.6) is 0 Å². The van der Waals surface area contributed by atoms with Crippen molar-refractivity contribution in [2.24, 2.45) is 0 Å². The van der Waals surface area contributed by atoms with Crippen molar-refractivity contribution in [3.63, 3.8) is 0 Å². The van der Waals surface area contributed by atoms with Crippen molar-refractivity contribution in [2.75, 3.05) is 6.61 Å². The maximum Gasteiger partial charge on any atom is 0.160 e. The normalized spacial score (nSPS) is 30.7. The van der Waals surface area contributed by atoms with Gasteiger partial charge < -0.3 is 4.74 Å². The number of hydrogen-bond acceptors (Lipinski definition) is 1. The van der Waals surface area contributed by atoms with E-state index in [0.717, 1.165) is 0 Å². The lowest BCUT2D eigenvalue weighted by molar-refractivity contribution is 0.201. The second kappa shape index (κ2) is 3.40. The molecule has 1 atom stereocenters. The maximum absolute atomic E-state index is 14.2. The predicted octanol–water partition coefficient (Wildman–Crippen LogP) is 2.98. The molecule has 0 saturated heterocycles. The minimum atomic E-state index is -1.72. The van der Waals surface area contributed by atoms with Gasteiger partial charge in [0.2, 0.25) is 0 Å². The largest absolute Gasteiger partial charge is 0.497 e. The fourth-order valence-corrected chi connectivity index (χ4v) is 1.54. The van der Waals surface area contributed by atoms with Crippen molar-refractivity contribution in [1.82, 2.24) is 0 Å². The smallest absolute Gasteiger partial charge is 0.160 e. The molecule has 0 fully saturated rings. The number of alkyl halides is 1. The fourth-order valence-electron chi connectivity index (χ4n) is 1.54. The summed E-state index contributed by atoms with van der Waals surface area (Å²) in [6.45, 7) is 0.185. The first kappa shape index (κ1) is 9.19. The third kappa shape index (κ3) is 1.62. The first-order valence-electron chi connectivity index (χ1n) is 4.41. The molecule has 74 valence electrons. The fraction of sp³-hybridized carbons (Fsp3) is 0.273. The molecule has 0 aromatic rings. The van der Waals surface area contributed by atoms with Gasteiger partial charge in [-0.25, -0.2) is 8.78 Å². The van der Waals surface area contributed by atoms with Crippen LogP contribution in [0.2, 0.25) is 0 Å². The summed E-state index contributed by atoms with van der Waals surface area (Å²) in [5.41, 5.74) is -1.26. The van der Waals surface area contributed by atoms with Crippen molar-refractivity contribution < 1.29 is 13.5 Å². The van der Waals surface area contributed by atoms with Gasteiger partial charge in [-0.15, -0.1) is 0 Å². The second-order valence-electron chi connectivity index (χ2n) is 3.34. The number of hydrogen-bond donors (Lipinski definition) is 0. The Morgan fingerprint density at radius 1 is 1.29 bits per heavy atom.